The number of fused-ring (bicyclic) bond motifs is 1. The van der Waals surface area contributed by atoms with E-state index in [1.165, 1.54) is 23.9 Å². The van der Waals surface area contributed by atoms with Gasteiger partial charge in [-0.1, -0.05) is 39.7 Å². The molecule has 31 heavy (non-hydrogen) atoms. The summed E-state index contributed by atoms with van der Waals surface area (Å²) in [7, 11) is 1.52. The minimum absolute atomic E-state index is 0.0576. The lowest BCUT2D eigenvalue weighted by molar-refractivity contribution is 0.474. The van der Waals surface area contributed by atoms with Crippen LogP contribution in [0.3, 0.4) is 0 Å². The average molecular weight is 504 g/mol. The van der Waals surface area contributed by atoms with Crippen LogP contribution in [0.1, 0.15) is 11.1 Å². The number of aromatic amines is 1. The average Bonchev–Trinajstić information content (AvgIpc) is 3.09. The predicted octanol–water partition coefficient (Wildman–Crippen LogP) is 3.04. The van der Waals surface area contributed by atoms with Crippen molar-refractivity contribution in [3.63, 3.8) is 0 Å². The molecular formula is C20H16BrClN6O3. The Kier molecular flexibility index (Phi) is 5.66. The van der Waals surface area contributed by atoms with E-state index < -0.39 is 11.2 Å². The van der Waals surface area contributed by atoms with E-state index in [4.69, 9.17) is 11.6 Å². The van der Waals surface area contributed by atoms with Crippen LogP contribution >= 0.6 is 27.5 Å². The number of aromatic hydroxyl groups is 1. The van der Waals surface area contributed by atoms with Crippen molar-refractivity contribution >= 4 is 50.9 Å². The summed E-state index contributed by atoms with van der Waals surface area (Å²) in [6.07, 6.45) is 1.43. The minimum Gasteiger partial charge on any atom is -0.507 e. The van der Waals surface area contributed by atoms with Crippen LogP contribution in [0.25, 0.3) is 11.2 Å². The highest BCUT2D eigenvalue weighted by Gasteiger charge is 2.17. The first-order valence-corrected chi connectivity index (χ1v) is 10.2. The second kappa shape index (κ2) is 8.40. The highest BCUT2D eigenvalue weighted by molar-refractivity contribution is 9.10. The lowest BCUT2D eigenvalue weighted by Crippen LogP contribution is -2.29. The van der Waals surface area contributed by atoms with Gasteiger partial charge in [0, 0.05) is 22.1 Å². The van der Waals surface area contributed by atoms with Gasteiger partial charge in [0.1, 0.15) is 5.75 Å². The summed E-state index contributed by atoms with van der Waals surface area (Å²) in [4.78, 5) is 31.2. The zero-order valence-electron chi connectivity index (χ0n) is 16.1. The molecular weight excluding hydrogens is 488 g/mol. The molecule has 0 fully saturated rings. The fraction of sp³-hybridized carbons (Fsp3) is 0.100. The Morgan fingerprint density at radius 2 is 2.00 bits per heavy atom. The number of aromatic nitrogens is 4. The minimum atomic E-state index is -0.567. The van der Waals surface area contributed by atoms with E-state index in [1.54, 1.807) is 28.8 Å². The Morgan fingerprint density at radius 1 is 1.26 bits per heavy atom. The number of hydrazone groups is 1. The first-order valence-electron chi connectivity index (χ1n) is 9.05. The summed E-state index contributed by atoms with van der Waals surface area (Å²) in [6.45, 7) is 0.287. The number of rotatable bonds is 5. The molecule has 2 heterocycles. The number of phenols is 1. The summed E-state index contributed by atoms with van der Waals surface area (Å²) in [5.41, 5.74) is 3.47. The molecule has 0 amide bonds. The van der Waals surface area contributed by atoms with Crippen molar-refractivity contribution in [2.24, 2.45) is 12.1 Å². The maximum Gasteiger partial charge on any atom is 0.329 e. The van der Waals surface area contributed by atoms with Crippen LogP contribution < -0.4 is 16.7 Å². The van der Waals surface area contributed by atoms with Crippen LogP contribution in [-0.2, 0) is 13.6 Å². The molecule has 0 saturated carbocycles. The number of anilines is 1. The van der Waals surface area contributed by atoms with E-state index in [1.807, 2.05) is 12.1 Å². The maximum absolute atomic E-state index is 12.6. The Hall–Kier alpha value is -3.37. The van der Waals surface area contributed by atoms with Crippen molar-refractivity contribution in [2.45, 2.75) is 6.54 Å². The van der Waals surface area contributed by atoms with E-state index >= 15 is 0 Å². The number of nitrogens with zero attached hydrogens (tertiary/aromatic N) is 4. The number of H-pyrrole nitrogens is 1. The molecule has 3 N–H and O–H groups in total. The lowest BCUT2D eigenvalue weighted by Gasteiger charge is -2.08. The number of hydrogen-bond acceptors (Lipinski definition) is 6. The normalized spacial score (nSPS) is 11.5. The third kappa shape index (κ3) is 4.25. The number of benzene rings is 2. The first kappa shape index (κ1) is 20.9. The summed E-state index contributed by atoms with van der Waals surface area (Å²) in [5.74, 6) is 0.310. The van der Waals surface area contributed by atoms with Gasteiger partial charge in [0.15, 0.2) is 11.2 Å². The smallest absolute Gasteiger partial charge is 0.329 e. The third-order valence-corrected chi connectivity index (χ3v) is 5.36. The second-order valence-corrected chi connectivity index (χ2v) is 8.06. The molecule has 0 aliphatic heterocycles. The number of hydrogen-bond donors (Lipinski definition) is 3. The molecule has 0 saturated heterocycles. The molecule has 0 bridgehead atoms. The lowest BCUT2D eigenvalue weighted by atomic mass is 10.2. The van der Waals surface area contributed by atoms with Crippen LogP contribution in [0.5, 0.6) is 5.75 Å². The monoisotopic (exact) mass is 502 g/mol. The fourth-order valence-corrected chi connectivity index (χ4v) is 3.54. The maximum atomic E-state index is 12.6. The van der Waals surface area contributed by atoms with Gasteiger partial charge in [0.25, 0.3) is 5.56 Å². The molecule has 4 rings (SSSR count). The van der Waals surface area contributed by atoms with Gasteiger partial charge in [0.2, 0.25) is 5.95 Å². The molecule has 0 unspecified atom stereocenters. The van der Waals surface area contributed by atoms with Crippen LogP contribution in [0, 0.1) is 0 Å². The van der Waals surface area contributed by atoms with Crippen LogP contribution in [0.4, 0.5) is 5.95 Å². The van der Waals surface area contributed by atoms with E-state index in [0.29, 0.717) is 10.6 Å². The Balaban J connectivity index is 1.78. The van der Waals surface area contributed by atoms with E-state index in [2.05, 4.69) is 36.4 Å². The largest absolute Gasteiger partial charge is 0.507 e. The van der Waals surface area contributed by atoms with Gasteiger partial charge in [0.05, 0.1) is 12.8 Å². The number of imidazole rings is 1. The Labute approximate surface area is 188 Å². The molecule has 2 aromatic carbocycles. The van der Waals surface area contributed by atoms with E-state index in [9.17, 15) is 14.7 Å². The van der Waals surface area contributed by atoms with Gasteiger partial charge in [-0.05, 0) is 35.9 Å². The molecule has 0 aliphatic carbocycles. The third-order valence-electron chi connectivity index (χ3n) is 4.62. The van der Waals surface area contributed by atoms with Gasteiger partial charge in [-0.25, -0.2) is 10.2 Å². The summed E-state index contributed by atoms with van der Waals surface area (Å²) < 4.78 is 3.65. The standard InChI is InChI=1S/C20H16BrClN6O3/c1-27-17-16(18(30)25-20(27)31)28(10-11-2-5-14(22)6-3-11)19(24-17)26-23-9-12-8-13(21)4-7-15(12)29/h2-9,29H,10H2,1H3,(H,24,26)(H,25,30,31)/b23-9+. The van der Waals surface area contributed by atoms with E-state index in [0.717, 1.165) is 10.0 Å². The molecule has 0 spiro atoms. The van der Waals surface area contributed by atoms with Crippen LogP contribution in [-0.4, -0.2) is 30.4 Å². The molecule has 11 heteroatoms. The number of aryl methyl sites for hydroxylation is 1. The quantitative estimate of drug-likeness (QED) is 0.286. The van der Waals surface area contributed by atoms with Gasteiger partial charge in [-0.15, -0.1) is 0 Å². The van der Waals surface area contributed by atoms with Crippen molar-refractivity contribution < 1.29 is 5.11 Å². The summed E-state index contributed by atoms with van der Waals surface area (Å²) >= 11 is 9.31. The number of halogens is 2. The molecule has 158 valence electrons. The van der Waals surface area contributed by atoms with Crippen molar-refractivity contribution in [2.75, 3.05) is 5.43 Å². The topological polar surface area (TPSA) is 117 Å². The zero-order valence-corrected chi connectivity index (χ0v) is 18.5. The Bertz CT molecular complexity index is 1420. The predicted molar refractivity (Wildman–Crippen MR) is 123 cm³/mol. The van der Waals surface area contributed by atoms with Gasteiger partial charge >= 0.3 is 5.69 Å². The van der Waals surface area contributed by atoms with Gasteiger partial charge < -0.3 is 5.11 Å². The first-order chi connectivity index (χ1) is 14.8. The molecule has 4 aromatic rings. The van der Waals surface area contributed by atoms with Crippen molar-refractivity contribution in [3.05, 3.63) is 83.9 Å². The highest BCUT2D eigenvalue weighted by atomic mass is 79.9. The van der Waals surface area contributed by atoms with Crippen LogP contribution in [0.15, 0.2) is 61.6 Å². The van der Waals surface area contributed by atoms with E-state index in [-0.39, 0.29) is 29.4 Å². The van der Waals surface area contributed by atoms with Crippen molar-refractivity contribution in [1.82, 2.24) is 19.1 Å². The molecule has 9 nitrogen and oxygen atoms in total. The SMILES string of the molecule is Cn1c(=O)[nH]c(=O)c2c1nc(N/N=C/c1cc(Br)ccc1O)n2Cc1ccc(Cl)cc1. The molecule has 2 aromatic heterocycles. The van der Waals surface area contributed by atoms with Crippen molar-refractivity contribution in [1.29, 1.82) is 0 Å². The Morgan fingerprint density at radius 3 is 2.74 bits per heavy atom. The highest BCUT2D eigenvalue weighted by Crippen LogP contribution is 2.21. The van der Waals surface area contributed by atoms with Gasteiger partial charge in [-0.2, -0.15) is 10.1 Å². The molecule has 0 radical (unpaired) electrons. The zero-order chi connectivity index (χ0) is 22.1. The molecule has 0 atom stereocenters. The number of phenolic OH excluding ortho intramolecular Hbond substituents is 1. The second-order valence-electron chi connectivity index (χ2n) is 6.71. The number of nitrogens with one attached hydrogen (secondary N) is 2. The van der Waals surface area contributed by atoms with Gasteiger partial charge in [-0.3, -0.25) is 18.9 Å². The fourth-order valence-electron chi connectivity index (χ4n) is 3.03. The summed E-state index contributed by atoms with van der Waals surface area (Å²) in [5, 5.41) is 14.7. The van der Waals surface area contributed by atoms with Crippen molar-refractivity contribution in [3.8, 4) is 5.75 Å². The molecule has 0 aliphatic rings. The van der Waals surface area contributed by atoms with Crippen LogP contribution in [0.2, 0.25) is 5.02 Å². The summed E-state index contributed by atoms with van der Waals surface area (Å²) in [6, 6.07) is 12.1.